The minimum atomic E-state index is 0.256. The van der Waals surface area contributed by atoms with Crippen LogP contribution in [0.15, 0.2) is 60.7 Å². The second-order valence-electron chi connectivity index (χ2n) is 5.34. The maximum Gasteiger partial charge on any atom is 0.230 e. The van der Waals surface area contributed by atoms with Crippen molar-refractivity contribution in [1.29, 1.82) is 0 Å². The van der Waals surface area contributed by atoms with Crippen LogP contribution in [0.2, 0.25) is 0 Å². The van der Waals surface area contributed by atoms with Crippen LogP contribution in [0.4, 0.5) is 5.69 Å². The van der Waals surface area contributed by atoms with Crippen molar-refractivity contribution in [1.82, 2.24) is 0 Å². The Bertz CT molecular complexity index is 560. The molecule has 102 valence electrons. The van der Waals surface area contributed by atoms with Crippen LogP contribution in [-0.2, 0) is 11.2 Å². The number of hydrogen-bond donors (Lipinski definition) is 0. The van der Waals surface area contributed by atoms with Gasteiger partial charge in [0.15, 0.2) is 0 Å². The van der Waals surface area contributed by atoms with E-state index in [9.17, 15) is 4.79 Å². The van der Waals surface area contributed by atoms with Gasteiger partial charge in [-0.05, 0) is 37.0 Å². The Morgan fingerprint density at radius 1 is 0.950 bits per heavy atom. The number of hydrogen-bond acceptors (Lipinski definition) is 1. The molecule has 2 nitrogen and oxygen atoms in total. The van der Waals surface area contributed by atoms with Crippen molar-refractivity contribution >= 4 is 11.6 Å². The Morgan fingerprint density at radius 2 is 1.55 bits per heavy atom. The minimum absolute atomic E-state index is 0.256. The lowest BCUT2D eigenvalue weighted by atomic mass is 10.1. The van der Waals surface area contributed by atoms with Gasteiger partial charge in [0.05, 0.1) is 0 Å². The molecule has 0 heterocycles. The summed E-state index contributed by atoms with van der Waals surface area (Å²) in [5, 5.41) is 0. The number of nitrogens with zero attached hydrogens (tertiary/aromatic N) is 1. The van der Waals surface area contributed by atoms with Crippen LogP contribution in [0.1, 0.15) is 18.4 Å². The highest BCUT2D eigenvalue weighted by molar-refractivity contribution is 5.96. The Kier molecular flexibility index (Phi) is 3.82. The normalized spacial score (nSPS) is 14.0. The van der Waals surface area contributed by atoms with E-state index in [1.54, 1.807) is 0 Å². The van der Waals surface area contributed by atoms with Crippen molar-refractivity contribution in [3.05, 3.63) is 66.2 Å². The molecule has 3 rings (SSSR count). The second-order valence-corrected chi connectivity index (χ2v) is 5.34. The van der Waals surface area contributed by atoms with Gasteiger partial charge in [-0.1, -0.05) is 48.5 Å². The number of carbonyl (C=O) groups is 1. The first-order chi connectivity index (χ1) is 9.84. The fourth-order valence-corrected chi connectivity index (χ4v) is 2.41. The molecule has 2 aromatic carbocycles. The lowest BCUT2D eigenvalue weighted by molar-refractivity contribution is -0.119. The smallest absolute Gasteiger partial charge is 0.230 e. The van der Waals surface area contributed by atoms with Crippen LogP contribution in [0.5, 0.6) is 0 Å². The van der Waals surface area contributed by atoms with Crippen LogP contribution in [0, 0.1) is 5.92 Å². The quantitative estimate of drug-likeness (QED) is 0.807. The van der Waals surface area contributed by atoms with Gasteiger partial charge < -0.3 is 4.90 Å². The van der Waals surface area contributed by atoms with Gasteiger partial charge in [-0.25, -0.2) is 0 Å². The van der Waals surface area contributed by atoms with Gasteiger partial charge in [-0.3, -0.25) is 4.79 Å². The Hall–Kier alpha value is -2.09. The predicted molar refractivity (Wildman–Crippen MR) is 81.7 cm³/mol. The molecule has 2 aromatic rings. The Labute approximate surface area is 120 Å². The zero-order chi connectivity index (χ0) is 13.8. The summed E-state index contributed by atoms with van der Waals surface area (Å²) in [5.41, 5.74) is 2.29. The topological polar surface area (TPSA) is 20.3 Å². The van der Waals surface area contributed by atoms with E-state index in [2.05, 4.69) is 12.1 Å². The van der Waals surface area contributed by atoms with E-state index < -0.39 is 0 Å². The summed E-state index contributed by atoms with van der Waals surface area (Å²) in [6.07, 6.45) is 3.00. The van der Waals surface area contributed by atoms with Gasteiger partial charge in [0.25, 0.3) is 0 Å². The van der Waals surface area contributed by atoms with Crippen LogP contribution in [0.25, 0.3) is 0 Å². The van der Waals surface area contributed by atoms with Crippen LogP contribution in [-0.4, -0.2) is 12.5 Å². The van der Waals surface area contributed by atoms with Crippen LogP contribution < -0.4 is 4.90 Å². The van der Waals surface area contributed by atoms with Gasteiger partial charge >= 0.3 is 0 Å². The fourth-order valence-electron chi connectivity index (χ4n) is 2.41. The zero-order valence-corrected chi connectivity index (χ0v) is 11.5. The van der Waals surface area contributed by atoms with E-state index >= 15 is 0 Å². The maximum atomic E-state index is 12.5. The fraction of sp³-hybridized carbons (Fsp3) is 0.278. The predicted octanol–water partition coefficient (Wildman–Crippen LogP) is 3.67. The van der Waals surface area contributed by atoms with Crippen molar-refractivity contribution in [2.45, 2.75) is 19.3 Å². The summed E-state index contributed by atoms with van der Waals surface area (Å²) in [5.74, 6) is 0.540. The third kappa shape index (κ3) is 3.08. The number of anilines is 1. The average molecular weight is 265 g/mol. The highest BCUT2D eigenvalue weighted by Crippen LogP contribution is 2.32. The third-order valence-corrected chi connectivity index (χ3v) is 3.73. The zero-order valence-electron chi connectivity index (χ0n) is 11.5. The third-order valence-electron chi connectivity index (χ3n) is 3.73. The highest BCUT2D eigenvalue weighted by Gasteiger charge is 2.33. The van der Waals surface area contributed by atoms with E-state index in [0.29, 0.717) is 0 Å². The molecule has 0 aromatic heterocycles. The molecule has 1 fully saturated rings. The largest absolute Gasteiger partial charge is 0.312 e. The maximum absolute atomic E-state index is 12.5. The van der Waals surface area contributed by atoms with Crippen LogP contribution in [0.3, 0.4) is 0 Å². The molecule has 1 aliphatic carbocycles. The summed E-state index contributed by atoms with van der Waals surface area (Å²) in [7, 11) is 0. The molecule has 20 heavy (non-hydrogen) atoms. The molecule has 0 spiro atoms. The van der Waals surface area contributed by atoms with Crippen LogP contribution >= 0.6 is 0 Å². The second kappa shape index (κ2) is 5.91. The van der Waals surface area contributed by atoms with E-state index in [1.807, 2.05) is 53.4 Å². The first kappa shape index (κ1) is 12.9. The number of benzene rings is 2. The summed E-state index contributed by atoms with van der Waals surface area (Å²) in [6.45, 7) is 0.753. The molecule has 0 saturated heterocycles. The van der Waals surface area contributed by atoms with E-state index in [4.69, 9.17) is 0 Å². The Morgan fingerprint density at radius 3 is 2.15 bits per heavy atom. The van der Waals surface area contributed by atoms with E-state index in [0.717, 1.165) is 31.5 Å². The average Bonchev–Trinajstić information content (AvgIpc) is 3.34. The number of carbonyl (C=O) groups excluding carboxylic acids is 1. The molecule has 0 N–H and O–H groups in total. The molecular weight excluding hydrogens is 246 g/mol. The first-order valence-corrected chi connectivity index (χ1v) is 7.25. The highest BCUT2D eigenvalue weighted by atomic mass is 16.2. The molecule has 0 unspecified atom stereocenters. The van der Waals surface area contributed by atoms with Gasteiger partial charge in [-0.15, -0.1) is 0 Å². The number of rotatable bonds is 5. The van der Waals surface area contributed by atoms with E-state index in [-0.39, 0.29) is 11.8 Å². The number of para-hydroxylation sites is 1. The van der Waals surface area contributed by atoms with Gasteiger partial charge in [0.2, 0.25) is 5.91 Å². The molecule has 0 atom stereocenters. The number of amides is 1. The minimum Gasteiger partial charge on any atom is -0.312 e. The van der Waals surface area contributed by atoms with Crippen molar-refractivity contribution in [2.24, 2.45) is 5.92 Å². The summed E-state index contributed by atoms with van der Waals surface area (Å²) in [4.78, 5) is 14.4. The van der Waals surface area contributed by atoms with Gasteiger partial charge in [0, 0.05) is 18.2 Å². The van der Waals surface area contributed by atoms with Crippen molar-refractivity contribution in [3.8, 4) is 0 Å². The SMILES string of the molecule is O=C(C1CC1)N(CCc1ccccc1)c1ccccc1. The summed E-state index contributed by atoms with van der Waals surface area (Å²) >= 11 is 0. The molecule has 2 heteroatoms. The first-order valence-electron chi connectivity index (χ1n) is 7.25. The molecular formula is C18H19NO. The van der Waals surface area contributed by atoms with Crippen molar-refractivity contribution < 1.29 is 4.79 Å². The Balaban J connectivity index is 1.74. The summed E-state index contributed by atoms with van der Waals surface area (Å²) in [6, 6.07) is 20.4. The lowest BCUT2D eigenvalue weighted by Crippen LogP contribution is -2.34. The van der Waals surface area contributed by atoms with Gasteiger partial charge in [-0.2, -0.15) is 0 Å². The van der Waals surface area contributed by atoms with Crippen molar-refractivity contribution in [2.75, 3.05) is 11.4 Å². The monoisotopic (exact) mass is 265 g/mol. The van der Waals surface area contributed by atoms with Crippen molar-refractivity contribution in [3.63, 3.8) is 0 Å². The van der Waals surface area contributed by atoms with E-state index in [1.165, 1.54) is 5.56 Å². The lowest BCUT2D eigenvalue weighted by Gasteiger charge is -2.23. The molecule has 0 bridgehead atoms. The standard InChI is InChI=1S/C18H19NO/c20-18(16-11-12-16)19(17-9-5-2-6-10-17)14-13-15-7-3-1-4-8-15/h1-10,16H,11-14H2. The molecule has 1 aliphatic rings. The summed E-state index contributed by atoms with van der Waals surface area (Å²) < 4.78 is 0. The van der Waals surface area contributed by atoms with Gasteiger partial charge in [0.1, 0.15) is 0 Å². The molecule has 1 saturated carbocycles. The molecule has 0 radical (unpaired) electrons. The molecule has 0 aliphatic heterocycles. The molecule has 1 amide bonds.